The molecule has 0 saturated carbocycles. The second-order valence-corrected chi connectivity index (χ2v) is 9.49. The van der Waals surface area contributed by atoms with Crippen molar-refractivity contribution in [3.8, 4) is 0 Å². The molecule has 8 nitrogen and oxygen atoms in total. The molecule has 2 aromatic carbocycles. The van der Waals surface area contributed by atoms with Crippen molar-refractivity contribution in [2.24, 2.45) is 0 Å². The van der Waals surface area contributed by atoms with Crippen molar-refractivity contribution in [2.45, 2.75) is 78.7 Å². The molecule has 0 aliphatic rings. The highest BCUT2D eigenvalue weighted by atomic mass is 16.5. The van der Waals surface area contributed by atoms with Gasteiger partial charge in [-0.25, -0.2) is 9.97 Å². The number of fused-ring (bicyclic) bond motifs is 2. The number of rotatable bonds is 11. The lowest BCUT2D eigenvalue weighted by Gasteiger charge is -2.12. The standard InChI is InChI=1S/C28H34N4O4/c1-19(2)35-27(33)17-31-23-13-7-5-11-21(23)29-25(31)15-9-10-16-26-30-22-12-6-8-14-24(22)32(26)18-28(34)36-20(3)4/h5-8,11-14,19-20H,9-10,15-18H2,1-4H3. The Balaban J connectivity index is 1.46. The van der Waals surface area contributed by atoms with Gasteiger partial charge >= 0.3 is 11.9 Å². The van der Waals surface area contributed by atoms with Crippen LogP contribution in [-0.2, 0) is 45.0 Å². The molecule has 36 heavy (non-hydrogen) atoms. The summed E-state index contributed by atoms with van der Waals surface area (Å²) in [6, 6.07) is 15.7. The number of benzene rings is 2. The van der Waals surface area contributed by atoms with Crippen molar-refractivity contribution in [3.63, 3.8) is 0 Å². The van der Waals surface area contributed by atoms with Crippen molar-refractivity contribution in [2.75, 3.05) is 0 Å². The van der Waals surface area contributed by atoms with Crippen LogP contribution in [0.25, 0.3) is 22.1 Å². The first-order valence-electron chi connectivity index (χ1n) is 12.6. The third-order valence-electron chi connectivity index (χ3n) is 5.83. The van der Waals surface area contributed by atoms with Gasteiger partial charge in [0.2, 0.25) is 0 Å². The van der Waals surface area contributed by atoms with Crippen molar-refractivity contribution >= 4 is 34.0 Å². The van der Waals surface area contributed by atoms with Crippen molar-refractivity contribution < 1.29 is 19.1 Å². The molecule has 0 amide bonds. The average Bonchev–Trinajstić information content (AvgIpc) is 3.33. The highest BCUT2D eigenvalue weighted by molar-refractivity contribution is 5.80. The van der Waals surface area contributed by atoms with Crippen LogP contribution >= 0.6 is 0 Å². The van der Waals surface area contributed by atoms with Crippen LogP contribution in [-0.4, -0.2) is 43.2 Å². The van der Waals surface area contributed by atoms with Gasteiger partial charge in [0, 0.05) is 12.8 Å². The molecule has 0 aliphatic carbocycles. The number of carbonyl (C=O) groups is 2. The molecule has 0 fully saturated rings. The normalized spacial score (nSPS) is 11.6. The molecule has 4 aromatic rings. The molecule has 2 aromatic heterocycles. The number of imidazole rings is 2. The van der Waals surface area contributed by atoms with E-state index in [1.165, 1.54) is 0 Å². The molecular formula is C28H34N4O4. The Morgan fingerprint density at radius 2 is 1.08 bits per heavy atom. The first-order valence-corrected chi connectivity index (χ1v) is 12.6. The molecule has 2 heterocycles. The monoisotopic (exact) mass is 490 g/mol. The molecule has 8 heteroatoms. The molecule has 190 valence electrons. The average molecular weight is 491 g/mol. The molecule has 0 saturated heterocycles. The summed E-state index contributed by atoms with van der Waals surface area (Å²) >= 11 is 0. The molecule has 0 unspecified atom stereocenters. The summed E-state index contributed by atoms with van der Waals surface area (Å²) < 4.78 is 14.7. The molecule has 0 atom stereocenters. The van der Waals surface area contributed by atoms with Crippen LogP contribution in [0.1, 0.15) is 52.2 Å². The van der Waals surface area contributed by atoms with Crippen LogP contribution < -0.4 is 0 Å². The first-order chi connectivity index (χ1) is 17.3. The summed E-state index contributed by atoms with van der Waals surface area (Å²) in [7, 11) is 0. The van der Waals surface area contributed by atoms with E-state index < -0.39 is 0 Å². The van der Waals surface area contributed by atoms with Gasteiger partial charge in [-0.05, 0) is 64.8 Å². The molecule has 0 spiro atoms. The van der Waals surface area contributed by atoms with E-state index in [1.54, 1.807) is 0 Å². The predicted molar refractivity (Wildman–Crippen MR) is 139 cm³/mol. The predicted octanol–water partition coefficient (Wildman–Crippen LogP) is 4.85. The van der Waals surface area contributed by atoms with Gasteiger partial charge in [0.1, 0.15) is 24.7 Å². The maximum atomic E-state index is 12.4. The second-order valence-electron chi connectivity index (χ2n) is 9.49. The molecule has 0 aliphatic heterocycles. The number of nitrogens with zero attached hydrogens (tertiary/aromatic N) is 4. The Morgan fingerprint density at radius 3 is 1.47 bits per heavy atom. The van der Waals surface area contributed by atoms with Gasteiger partial charge in [-0.2, -0.15) is 0 Å². The highest BCUT2D eigenvalue weighted by Crippen LogP contribution is 2.20. The van der Waals surface area contributed by atoms with Crippen LogP contribution in [0.5, 0.6) is 0 Å². The fraction of sp³-hybridized carbons (Fsp3) is 0.429. The van der Waals surface area contributed by atoms with Gasteiger partial charge < -0.3 is 18.6 Å². The van der Waals surface area contributed by atoms with Crippen molar-refractivity contribution in [1.82, 2.24) is 19.1 Å². The summed E-state index contributed by atoms with van der Waals surface area (Å²) in [5, 5.41) is 0. The lowest BCUT2D eigenvalue weighted by Crippen LogP contribution is -2.19. The largest absolute Gasteiger partial charge is 0.462 e. The summed E-state index contributed by atoms with van der Waals surface area (Å²) in [6.45, 7) is 7.67. The minimum absolute atomic E-state index is 0.141. The van der Waals surface area contributed by atoms with E-state index in [1.807, 2.05) is 85.4 Å². The number of para-hydroxylation sites is 4. The van der Waals surface area contributed by atoms with E-state index in [4.69, 9.17) is 19.4 Å². The van der Waals surface area contributed by atoms with E-state index in [-0.39, 0.29) is 37.2 Å². The maximum absolute atomic E-state index is 12.4. The lowest BCUT2D eigenvalue weighted by atomic mass is 10.2. The zero-order valence-electron chi connectivity index (χ0n) is 21.4. The summed E-state index contributed by atoms with van der Waals surface area (Å²) in [6.07, 6.45) is 2.85. The number of aromatic nitrogens is 4. The number of carbonyl (C=O) groups excluding carboxylic acids is 2. The Morgan fingerprint density at radius 1 is 0.694 bits per heavy atom. The van der Waals surface area contributed by atoms with Crippen molar-refractivity contribution in [3.05, 3.63) is 60.2 Å². The third-order valence-corrected chi connectivity index (χ3v) is 5.83. The fourth-order valence-corrected chi connectivity index (χ4v) is 4.41. The van der Waals surface area contributed by atoms with Gasteiger partial charge in [-0.15, -0.1) is 0 Å². The van der Waals surface area contributed by atoms with Crippen molar-refractivity contribution in [1.29, 1.82) is 0 Å². The Bertz CT molecular complexity index is 1250. The summed E-state index contributed by atoms with van der Waals surface area (Å²) in [5.74, 6) is 1.20. The van der Waals surface area contributed by atoms with Crippen LogP contribution in [0.3, 0.4) is 0 Å². The molecule has 0 N–H and O–H groups in total. The smallest absolute Gasteiger partial charge is 0.326 e. The topological polar surface area (TPSA) is 88.2 Å². The van der Waals surface area contributed by atoms with E-state index in [0.717, 1.165) is 59.4 Å². The van der Waals surface area contributed by atoms with Gasteiger partial charge in [0.05, 0.1) is 34.3 Å². The minimum Gasteiger partial charge on any atom is -0.462 e. The number of esters is 2. The van der Waals surface area contributed by atoms with E-state index in [9.17, 15) is 9.59 Å². The van der Waals surface area contributed by atoms with Gasteiger partial charge in [0.25, 0.3) is 0 Å². The molecule has 4 rings (SSSR count). The number of hydrogen-bond acceptors (Lipinski definition) is 6. The first kappa shape index (κ1) is 25.4. The quantitative estimate of drug-likeness (QED) is 0.221. The summed E-state index contributed by atoms with van der Waals surface area (Å²) in [5.41, 5.74) is 3.60. The lowest BCUT2D eigenvalue weighted by molar-refractivity contribution is -0.149. The second kappa shape index (κ2) is 11.4. The molecular weight excluding hydrogens is 456 g/mol. The van der Waals surface area contributed by atoms with E-state index >= 15 is 0 Å². The van der Waals surface area contributed by atoms with Gasteiger partial charge in [-0.1, -0.05) is 24.3 Å². The Kier molecular flexibility index (Phi) is 8.03. The number of unbranched alkanes of at least 4 members (excludes halogenated alkanes) is 1. The van der Waals surface area contributed by atoms with E-state index in [0.29, 0.717) is 0 Å². The third kappa shape index (κ3) is 6.11. The van der Waals surface area contributed by atoms with Crippen LogP contribution in [0.2, 0.25) is 0 Å². The fourth-order valence-electron chi connectivity index (χ4n) is 4.41. The van der Waals surface area contributed by atoms with Crippen LogP contribution in [0.4, 0.5) is 0 Å². The maximum Gasteiger partial charge on any atom is 0.326 e. The Labute approximate surface area is 211 Å². The van der Waals surface area contributed by atoms with Gasteiger partial charge in [0.15, 0.2) is 0 Å². The van der Waals surface area contributed by atoms with Gasteiger partial charge in [-0.3, -0.25) is 9.59 Å². The number of hydrogen-bond donors (Lipinski definition) is 0. The summed E-state index contributed by atoms with van der Waals surface area (Å²) in [4.78, 5) is 34.3. The van der Waals surface area contributed by atoms with Crippen LogP contribution in [0, 0.1) is 0 Å². The number of aryl methyl sites for hydroxylation is 2. The highest BCUT2D eigenvalue weighted by Gasteiger charge is 2.17. The zero-order chi connectivity index (χ0) is 25.7. The zero-order valence-corrected chi connectivity index (χ0v) is 21.4. The Hall–Kier alpha value is -3.68. The molecule has 0 radical (unpaired) electrons. The van der Waals surface area contributed by atoms with E-state index in [2.05, 4.69) is 0 Å². The minimum atomic E-state index is -0.267. The molecule has 0 bridgehead atoms. The number of ether oxygens (including phenoxy) is 2. The SMILES string of the molecule is CC(C)OC(=O)Cn1c(CCCCc2nc3ccccc3n2CC(=O)OC(C)C)nc2ccccc21. The van der Waals surface area contributed by atoms with Crippen LogP contribution in [0.15, 0.2) is 48.5 Å².